The monoisotopic (exact) mass is 225 g/mol. The summed E-state index contributed by atoms with van der Waals surface area (Å²) >= 11 is 0. The highest BCUT2D eigenvalue weighted by Gasteiger charge is 2.01. The zero-order valence-electron chi connectivity index (χ0n) is 9.13. The molecule has 2 aromatic heterocycles. The number of hydrogen-bond donors (Lipinski definition) is 1. The van der Waals surface area contributed by atoms with Crippen LogP contribution in [0.25, 0.3) is 10.9 Å². The molecule has 0 aliphatic heterocycles. The molecule has 2 heterocycles. The fourth-order valence-electron chi connectivity index (χ4n) is 1.76. The van der Waals surface area contributed by atoms with Crippen LogP contribution in [0.3, 0.4) is 0 Å². The van der Waals surface area contributed by atoms with E-state index in [1.54, 1.807) is 12.5 Å². The number of fused-ring (bicyclic) bond motifs is 1. The summed E-state index contributed by atoms with van der Waals surface area (Å²) in [5.74, 6) is 0. The largest absolute Gasteiger partial charge is 0.379 e. The molecule has 0 amide bonds. The fraction of sp³-hybridized carbons (Fsp3) is 0.0769. The summed E-state index contributed by atoms with van der Waals surface area (Å²) < 4.78 is 4.79. The van der Waals surface area contributed by atoms with Crippen LogP contribution in [0.5, 0.6) is 0 Å². The van der Waals surface area contributed by atoms with Crippen LogP contribution in [-0.2, 0) is 6.54 Å². The van der Waals surface area contributed by atoms with Gasteiger partial charge in [0, 0.05) is 23.3 Å². The van der Waals surface area contributed by atoms with Gasteiger partial charge in [0.05, 0.1) is 12.1 Å². The second kappa shape index (κ2) is 4.25. The zero-order valence-corrected chi connectivity index (χ0v) is 9.13. The number of pyridine rings is 1. The van der Waals surface area contributed by atoms with Gasteiger partial charge in [0.1, 0.15) is 12.0 Å². The van der Waals surface area contributed by atoms with Gasteiger partial charge in [-0.1, -0.05) is 23.4 Å². The van der Waals surface area contributed by atoms with Crippen molar-refractivity contribution in [2.45, 2.75) is 6.54 Å². The predicted molar refractivity (Wildman–Crippen MR) is 65.6 cm³/mol. The molecule has 17 heavy (non-hydrogen) atoms. The number of aromatic nitrogens is 2. The van der Waals surface area contributed by atoms with Crippen molar-refractivity contribution < 1.29 is 4.52 Å². The molecule has 0 atom stereocenters. The van der Waals surface area contributed by atoms with Crippen LogP contribution in [0.15, 0.2) is 53.4 Å². The molecule has 0 spiro atoms. The number of para-hydroxylation sites is 1. The van der Waals surface area contributed by atoms with Crippen LogP contribution in [0.2, 0.25) is 0 Å². The minimum absolute atomic E-state index is 0.643. The molecular weight excluding hydrogens is 214 g/mol. The molecular formula is C13H11N3O. The van der Waals surface area contributed by atoms with Crippen LogP contribution < -0.4 is 5.32 Å². The van der Waals surface area contributed by atoms with E-state index in [9.17, 15) is 0 Å². The predicted octanol–water partition coefficient (Wildman–Crippen LogP) is 2.83. The van der Waals surface area contributed by atoms with Gasteiger partial charge < -0.3 is 9.84 Å². The first-order valence-electron chi connectivity index (χ1n) is 5.40. The third kappa shape index (κ3) is 1.97. The topological polar surface area (TPSA) is 51.0 Å². The van der Waals surface area contributed by atoms with Crippen LogP contribution in [0, 0.1) is 0 Å². The zero-order chi connectivity index (χ0) is 11.5. The van der Waals surface area contributed by atoms with E-state index in [2.05, 4.69) is 15.5 Å². The van der Waals surface area contributed by atoms with Crippen molar-refractivity contribution in [1.82, 2.24) is 10.1 Å². The van der Waals surface area contributed by atoms with Gasteiger partial charge in [-0.15, -0.1) is 0 Å². The minimum Gasteiger partial charge on any atom is -0.379 e. The number of benzene rings is 1. The summed E-state index contributed by atoms with van der Waals surface area (Å²) in [5, 5.41) is 8.30. The Bertz CT molecular complexity index is 614. The molecule has 4 heteroatoms. The van der Waals surface area contributed by atoms with E-state index in [-0.39, 0.29) is 0 Å². The van der Waals surface area contributed by atoms with Crippen molar-refractivity contribution in [3.63, 3.8) is 0 Å². The number of hydrogen-bond acceptors (Lipinski definition) is 4. The molecule has 0 saturated carbocycles. The van der Waals surface area contributed by atoms with E-state index in [0.29, 0.717) is 6.54 Å². The van der Waals surface area contributed by atoms with E-state index in [1.807, 2.05) is 36.4 Å². The molecule has 1 N–H and O–H groups in total. The molecule has 3 aromatic rings. The van der Waals surface area contributed by atoms with Crippen LogP contribution in [0.4, 0.5) is 5.69 Å². The van der Waals surface area contributed by atoms with E-state index in [0.717, 1.165) is 22.3 Å². The summed E-state index contributed by atoms with van der Waals surface area (Å²) in [6.07, 6.45) is 3.37. The molecule has 0 saturated heterocycles. The molecule has 84 valence electrons. The third-order valence-corrected chi connectivity index (χ3v) is 2.60. The summed E-state index contributed by atoms with van der Waals surface area (Å²) in [5.41, 5.74) is 2.92. The maximum Gasteiger partial charge on any atom is 0.124 e. The van der Waals surface area contributed by atoms with Crippen LogP contribution in [-0.4, -0.2) is 10.1 Å². The summed E-state index contributed by atoms with van der Waals surface area (Å²) in [7, 11) is 0. The van der Waals surface area contributed by atoms with E-state index in [1.165, 1.54) is 0 Å². The van der Waals surface area contributed by atoms with Crippen molar-refractivity contribution in [2.75, 3.05) is 5.32 Å². The molecule has 0 unspecified atom stereocenters. The van der Waals surface area contributed by atoms with E-state index < -0.39 is 0 Å². The third-order valence-electron chi connectivity index (χ3n) is 2.60. The molecule has 0 aliphatic carbocycles. The second-order valence-electron chi connectivity index (χ2n) is 3.72. The highest BCUT2D eigenvalue weighted by Crippen LogP contribution is 2.21. The van der Waals surface area contributed by atoms with Crippen LogP contribution >= 0.6 is 0 Å². The lowest BCUT2D eigenvalue weighted by Gasteiger charge is -2.07. The Morgan fingerprint density at radius 1 is 1.12 bits per heavy atom. The SMILES string of the molecule is c1ccc2c(NCc3ccon3)ccnc2c1. The Balaban J connectivity index is 1.90. The first kappa shape index (κ1) is 9.84. The Kier molecular flexibility index (Phi) is 2.46. The smallest absolute Gasteiger partial charge is 0.124 e. The van der Waals surface area contributed by atoms with Gasteiger partial charge in [0.15, 0.2) is 0 Å². The highest BCUT2D eigenvalue weighted by molar-refractivity contribution is 5.90. The second-order valence-corrected chi connectivity index (χ2v) is 3.72. The normalized spacial score (nSPS) is 10.6. The average Bonchev–Trinajstić information content (AvgIpc) is 2.89. The lowest BCUT2D eigenvalue weighted by Crippen LogP contribution is -2.00. The minimum atomic E-state index is 0.643. The maximum absolute atomic E-state index is 4.79. The summed E-state index contributed by atoms with van der Waals surface area (Å²) in [6.45, 7) is 0.643. The van der Waals surface area contributed by atoms with Gasteiger partial charge in [-0.3, -0.25) is 4.98 Å². The van der Waals surface area contributed by atoms with Gasteiger partial charge in [0.25, 0.3) is 0 Å². The molecule has 0 bridgehead atoms. The first-order chi connectivity index (χ1) is 8.43. The Labute approximate surface area is 98.3 Å². The molecule has 1 aromatic carbocycles. The van der Waals surface area contributed by atoms with Gasteiger partial charge in [0.2, 0.25) is 0 Å². The molecule has 0 radical (unpaired) electrons. The van der Waals surface area contributed by atoms with Crippen molar-refractivity contribution in [2.24, 2.45) is 0 Å². The van der Waals surface area contributed by atoms with Crippen LogP contribution in [0.1, 0.15) is 5.69 Å². The molecule has 4 nitrogen and oxygen atoms in total. The number of nitrogens with one attached hydrogen (secondary N) is 1. The first-order valence-corrected chi connectivity index (χ1v) is 5.40. The number of nitrogens with zero attached hydrogens (tertiary/aromatic N) is 2. The molecule has 3 rings (SSSR count). The molecule has 0 fully saturated rings. The quantitative estimate of drug-likeness (QED) is 0.744. The molecule has 0 aliphatic rings. The van der Waals surface area contributed by atoms with Gasteiger partial charge in [-0.25, -0.2) is 0 Å². The van der Waals surface area contributed by atoms with Crippen molar-refractivity contribution in [1.29, 1.82) is 0 Å². The van der Waals surface area contributed by atoms with Gasteiger partial charge in [-0.05, 0) is 12.1 Å². The van der Waals surface area contributed by atoms with E-state index >= 15 is 0 Å². The average molecular weight is 225 g/mol. The lowest BCUT2D eigenvalue weighted by molar-refractivity contribution is 0.412. The lowest BCUT2D eigenvalue weighted by atomic mass is 10.2. The Hall–Kier alpha value is -2.36. The van der Waals surface area contributed by atoms with Crippen molar-refractivity contribution in [3.8, 4) is 0 Å². The number of anilines is 1. The highest BCUT2D eigenvalue weighted by atomic mass is 16.5. The maximum atomic E-state index is 4.79. The van der Waals surface area contributed by atoms with Gasteiger partial charge >= 0.3 is 0 Å². The fourth-order valence-corrected chi connectivity index (χ4v) is 1.76. The standard InChI is InChI=1S/C13H11N3O/c1-2-4-12-11(3-1)13(5-7-14-12)15-9-10-6-8-17-16-10/h1-8H,9H2,(H,14,15). The Morgan fingerprint density at radius 2 is 2.06 bits per heavy atom. The van der Waals surface area contributed by atoms with E-state index in [4.69, 9.17) is 4.52 Å². The summed E-state index contributed by atoms with van der Waals surface area (Å²) in [6, 6.07) is 11.8. The van der Waals surface area contributed by atoms with Crippen molar-refractivity contribution >= 4 is 16.6 Å². The number of rotatable bonds is 3. The van der Waals surface area contributed by atoms with Crippen molar-refractivity contribution in [3.05, 3.63) is 54.6 Å². The summed E-state index contributed by atoms with van der Waals surface area (Å²) in [4.78, 5) is 4.31. The Morgan fingerprint density at radius 3 is 2.94 bits per heavy atom. The van der Waals surface area contributed by atoms with Gasteiger partial charge in [-0.2, -0.15) is 0 Å².